The summed E-state index contributed by atoms with van der Waals surface area (Å²) >= 11 is 23.1. The van der Waals surface area contributed by atoms with Gasteiger partial charge in [0.25, 0.3) is 0 Å². The van der Waals surface area contributed by atoms with E-state index in [1.54, 1.807) is 61.4 Å². The summed E-state index contributed by atoms with van der Waals surface area (Å²) in [6, 6.07) is 35.6. The summed E-state index contributed by atoms with van der Waals surface area (Å²) in [5.41, 5.74) is 9.56. The van der Waals surface area contributed by atoms with Crippen LogP contribution in [0.1, 0.15) is 275 Å². The van der Waals surface area contributed by atoms with Gasteiger partial charge in [0.2, 0.25) is 0 Å². The van der Waals surface area contributed by atoms with Crippen molar-refractivity contribution in [2.45, 2.75) is 275 Å². The van der Waals surface area contributed by atoms with Gasteiger partial charge >= 0.3 is 6.18 Å². The minimum Gasteiger partial charge on any atom is -0.264 e. The number of alkyl halides is 3. The number of hydrogen-bond acceptors (Lipinski definition) is 10. The third-order valence-electron chi connectivity index (χ3n) is 15.7. The molecule has 112 heavy (non-hydrogen) atoms. The van der Waals surface area contributed by atoms with E-state index in [2.05, 4.69) is 193 Å². The Morgan fingerprint density at radius 3 is 1.08 bits per heavy atom. The molecule has 10 aromatic rings. The second-order valence-electron chi connectivity index (χ2n) is 36.8. The quantitative estimate of drug-likeness (QED) is 0.107. The lowest BCUT2D eigenvalue weighted by Crippen LogP contribution is -2.15. The highest BCUT2D eigenvalue weighted by Crippen LogP contribution is 2.33. The van der Waals surface area contributed by atoms with Crippen LogP contribution < -0.4 is 0 Å². The van der Waals surface area contributed by atoms with Crippen molar-refractivity contribution >= 4 is 46.4 Å². The SMILES string of the molecule is CC(C)(C)c1cc(C(F)(F)F)ccn1.CC(C)(C)c1cc(Cl)ccn1.CC(C)(C)c1cccc(Cl)n1.CC(C)(C)c1ccccn1.CC(C)(C)c1ccnc(Cl)c1.CC(C)(C)c1ccncc1F.CC(C)(C)c1cncc(Cl)c1.CC(C)(C)c1cnccc1F.CC(C)(C)c1ncccc1F.Cc1cccc(C(C)(C)C)n1. The number of pyridine rings is 10. The zero-order chi connectivity index (χ0) is 86.5. The maximum absolute atomic E-state index is 13.0. The molecule has 0 spiro atoms. The van der Waals surface area contributed by atoms with E-state index in [4.69, 9.17) is 46.4 Å². The molecule has 10 nitrogen and oxygen atoms in total. The van der Waals surface area contributed by atoms with Crippen LogP contribution in [0.25, 0.3) is 0 Å². The van der Waals surface area contributed by atoms with Crippen LogP contribution in [-0.2, 0) is 60.3 Å². The first-order chi connectivity index (χ1) is 50.9. The van der Waals surface area contributed by atoms with E-state index >= 15 is 0 Å². The molecule has 612 valence electrons. The molecule has 10 aromatic heterocycles. The van der Waals surface area contributed by atoms with E-state index < -0.39 is 11.7 Å². The molecule has 0 radical (unpaired) electrons. The molecule has 0 atom stereocenters. The molecule has 0 aromatic carbocycles. The van der Waals surface area contributed by atoms with Crippen LogP contribution in [0.3, 0.4) is 0 Å². The summed E-state index contributed by atoms with van der Waals surface area (Å²) in [6.07, 6.45) is 13.2. The summed E-state index contributed by atoms with van der Waals surface area (Å²) in [6.45, 7) is 63.8. The van der Waals surface area contributed by atoms with Crippen LogP contribution in [0.15, 0.2) is 189 Å². The number of hydrogen-bond donors (Lipinski definition) is 0. The topological polar surface area (TPSA) is 129 Å². The van der Waals surface area contributed by atoms with Gasteiger partial charge in [0.1, 0.15) is 27.8 Å². The van der Waals surface area contributed by atoms with Crippen LogP contribution in [0.4, 0.5) is 26.3 Å². The van der Waals surface area contributed by atoms with Crippen molar-refractivity contribution in [3.63, 3.8) is 0 Å². The van der Waals surface area contributed by atoms with E-state index in [1.165, 1.54) is 41.9 Å². The number of nitrogens with zero attached hydrogens (tertiary/aromatic N) is 10. The zero-order valence-corrected chi connectivity index (χ0v) is 75.2. The van der Waals surface area contributed by atoms with Crippen LogP contribution >= 0.6 is 46.4 Å². The molecule has 0 unspecified atom stereocenters. The highest BCUT2D eigenvalue weighted by molar-refractivity contribution is 6.31. The average Bonchev–Trinajstić information content (AvgIpc) is 0.825. The normalized spacial score (nSPS) is 11.8. The number of aromatic nitrogens is 10. The fourth-order valence-electron chi connectivity index (χ4n) is 8.97. The number of rotatable bonds is 0. The Hall–Kier alpha value is -7.76. The van der Waals surface area contributed by atoms with Crippen LogP contribution in [0, 0.1) is 24.4 Å². The van der Waals surface area contributed by atoms with Crippen molar-refractivity contribution in [2.24, 2.45) is 0 Å². The predicted octanol–water partition coefficient (Wildman–Crippen LogP) is 28.1. The predicted molar refractivity (Wildman–Crippen MR) is 459 cm³/mol. The molecule has 10 heterocycles. The van der Waals surface area contributed by atoms with Crippen molar-refractivity contribution in [3.05, 3.63) is 295 Å². The first-order valence-electron chi connectivity index (χ1n) is 37.0. The van der Waals surface area contributed by atoms with Gasteiger partial charge in [-0.3, -0.25) is 39.9 Å². The number of aryl methyl sites for hydroxylation is 1. The monoisotopic (exact) mass is 1620 g/mol. The molecule has 10 rings (SSSR count). The lowest BCUT2D eigenvalue weighted by Gasteiger charge is -2.18. The third kappa shape index (κ3) is 41.3. The molecular formula is C92H124Cl4F6N10. The Morgan fingerprint density at radius 1 is 0.268 bits per heavy atom. The second kappa shape index (κ2) is 44.2. The van der Waals surface area contributed by atoms with Gasteiger partial charge in [-0.25, -0.2) is 23.1 Å². The Labute approximate surface area is 688 Å². The Kier molecular flexibility index (Phi) is 40.4. The maximum Gasteiger partial charge on any atom is 0.416 e. The molecule has 0 aliphatic rings. The molecule has 20 heteroatoms. The van der Waals surface area contributed by atoms with Crippen LogP contribution in [0.5, 0.6) is 0 Å². The van der Waals surface area contributed by atoms with Gasteiger partial charge in [-0.05, 0) is 148 Å². The summed E-state index contributed by atoms with van der Waals surface area (Å²) < 4.78 is 76.1. The van der Waals surface area contributed by atoms with Crippen molar-refractivity contribution in [3.8, 4) is 0 Å². The largest absolute Gasteiger partial charge is 0.416 e. The average molecular weight is 1630 g/mol. The highest BCUT2D eigenvalue weighted by Gasteiger charge is 2.32. The highest BCUT2D eigenvalue weighted by atomic mass is 35.5. The van der Waals surface area contributed by atoms with E-state index in [1.807, 2.05) is 157 Å². The smallest absolute Gasteiger partial charge is 0.264 e. The third-order valence-corrected chi connectivity index (χ3v) is 16.6. The van der Waals surface area contributed by atoms with Crippen LogP contribution in [0.2, 0.25) is 20.4 Å². The summed E-state index contributed by atoms with van der Waals surface area (Å²) in [4.78, 5) is 40.5. The van der Waals surface area contributed by atoms with Crippen molar-refractivity contribution < 1.29 is 26.3 Å². The molecule has 0 fully saturated rings. The van der Waals surface area contributed by atoms with Gasteiger partial charge in [-0.1, -0.05) is 272 Å². The van der Waals surface area contributed by atoms with Gasteiger partial charge in [-0.15, -0.1) is 0 Å². The lowest BCUT2D eigenvalue weighted by molar-refractivity contribution is -0.137. The standard InChI is InChI=1S/C10H12F3N.C10H15N.4C9H12ClN.3C9H12FN.C9H13N/c1-9(2,3)8-6-7(4-5-14-8)10(11,12)13;1-8-6-5-7-9(11-8)10(2,3)4;1-9(2,3)7-4-8(10)6-11-5-7;1-9(2,3)8-6-7(10)4-5-11-8;1-9(2,3)7-4-5-11-8(10)6-7;1-9(2,3)7-5-4-6-8(10)11-7;1-9(2,3)7-6-11-5-4-8(7)10;1-9(2,3)7-4-5-11-6-8(7)10;1-9(2,3)8-7(10)5-4-6-11-8;1-9(2,3)8-6-4-5-7-10-8/h4-6H,1-3H3;5-7H,1-4H3;7*4-6H,1-3H3;4-7H,1-3H3. The fourth-order valence-corrected chi connectivity index (χ4v) is 9.64. The lowest BCUT2D eigenvalue weighted by atomic mass is 9.87. The molecule has 0 aliphatic carbocycles. The number of halogens is 10. The zero-order valence-electron chi connectivity index (χ0n) is 72.1. The Bertz CT molecular complexity index is 3910. The second-order valence-corrected chi connectivity index (χ2v) is 38.5. The van der Waals surface area contributed by atoms with Crippen LogP contribution in [-0.4, -0.2) is 49.8 Å². The molecule has 0 saturated carbocycles. The maximum atomic E-state index is 13.0. The van der Waals surface area contributed by atoms with Crippen molar-refractivity contribution in [2.75, 3.05) is 0 Å². The summed E-state index contributed by atoms with van der Waals surface area (Å²) in [5, 5.41) is 2.59. The minimum atomic E-state index is -4.29. The Morgan fingerprint density at radius 2 is 0.732 bits per heavy atom. The van der Waals surface area contributed by atoms with Gasteiger partial charge in [-0.2, -0.15) is 13.2 Å². The molecule has 0 saturated heterocycles. The first kappa shape index (κ1) is 102. The molecule has 0 aliphatic heterocycles. The molecule has 0 N–H and O–H groups in total. The molecule has 0 bridgehead atoms. The molecular weight excluding hydrogens is 1500 g/mol. The van der Waals surface area contributed by atoms with Crippen molar-refractivity contribution in [1.29, 1.82) is 0 Å². The summed E-state index contributed by atoms with van der Waals surface area (Å²) in [5.74, 6) is -0.618. The van der Waals surface area contributed by atoms with Gasteiger partial charge in [0.05, 0.1) is 22.5 Å². The van der Waals surface area contributed by atoms with E-state index in [9.17, 15) is 26.3 Å². The van der Waals surface area contributed by atoms with E-state index in [0.717, 1.165) is 45.6 Å². The van der Waals surface area contributed by atoms with Gasteiger partial charge < -0.3 is 0 Å². The van der Waals surface area contributed by atoms with Crippen molar-refractivity contribution in [1.82, 2.24) is 49.8 Å². The first-order valence-corrected chi connectivity index (χ1v) is 38.6. The van der Waals surface area contributed by atoms with E-state index in [0.29, 0.717) is 37.8 Å². The fraction of sp³-hybridized carbons (Fsp3) is 0.457. The van der Waals surface area contributed by atoms with Gasteiger partial charge in [0.15, 0.2) is 0 Å². The minimum absolute atomic E-state index is 0.0882. The molecule has 0 amide bonds. The summed E-state index contributed by atoms with van der Waals surface area (Å²) in [7, 11) is 0. The van der Waals surface area contributed by atoms with Gasteiger partial charge in [0, 0.05) is 139 Å². The Balaban J connectivity index is 0.000000623. The van der Waals surface area contributed by atoms with E-state index in [-0.39, 0.29) is 71.6 Å².